The number of carboxylic acid groups (broad SMARTS) is 1. The van der Waals surface area contributed by atoms with Crippen LogP contribution in [0.2, 0.25) is 0 Å². The van der Waals surface area contributed by atoms with Gasteiger partial charge < -0.3 is 25.2 Å². The van der Waals surface area contributed by atoms with Crippen LogP contribution in [0.5, 0.6) is 0 Å². The summed E-state index contributed by atoms with van der Waals surface area (Å²) in [4.78, 5) is 33.7. The molecule has 0 fully saturated rings. The van der Waals surface area contributed by atoms with Crippen LogP contribution in [0.15, 0.2) is 72.9 Å². The number of esters is 1. The van der Waals surface area contributed by atoms with Crippen LogP contribution < -0.4 is 5.73 Å². The lowest BCUT2D eigenvalue weighted by atomic mass is 10.0. The summed E-state index contributed by atoms with van der Waals surface area (Å²) in [6.45, 7) is 3.77. The third-order valence-electron chi connectivity index (χ3n) is 11.5. The second-order valence-corrected chi connectivity index (χ2v) is 19.4. The Hall–Kier alpha value is -2.59. The third kappa shape index (κ3) is 51.1. The molecule has 0 aromatic rings. The predicted octanol–water partition coefficient (Wildman–Crippen LogP) is 16.1. The average Bonchev–Trinajstić information content (AvgIpc) is 3.31. The number of rotatable bonds is 51. The van der Waals surface area contributed by atoms with E-state index in [1.807, 2.05) is 0 Å². The monoisotopic (exact) mass is 962 g/mol. The predicted molar refractivity (Wildman–Crippen MR) is 281 cm³/mol. The molecule has 67 heavy (non-hydrogen) atoms. The van der Waals surface area contributed by atoms with E-state index in [0.717, 1.165) is 83.5 Å². The molecule has 0 saturated heterocycles. The lowest BCUT2D eigenvalue weighted by Gasteiger charge is -2.20. The molecule has 0 aliphatic carbocycles. The molecule has 10 nitrogen and oxygen atoms in total. The topological polar surface area (TPSA) is 155 Å². The molecule has 0 aromatic heterocycles. The van der Waals surface area contributed by atoms with Gasteiger partial charge in [-0.25, -0.2) is 4.57 Å². The number of aliphatic carboxylic acids is 1. The van der Waals surface area contributed by atoms with Crippen LogP contribution in [0.25, 0.3) is 0 Å². The van der Waals surface area contributed by atoms with E-state index in [-0.39, 0.29) is 13.0 Å². The van der Waals surface area contributed by atoms with Crippen LogP contribution in [0.1, 0.15) is 232 Å². The molecule has 4 N–H and O–H groups in total. The lowest BCUT2D eigenvalue weighted by Crippen LogP contribution is -2.34. The summed E-state index contributed by atoms with van der Waals surface area (Å²) in [5.74, 6) is -1.80. The number of hydrogen-bond acceptors (Lipinski definition) is 8. The zero-order chi connectivity index (χ0) is 49.0. The van der Waals surface area contributed by atoms with Crippen molar-refractivity contribution in [1.82, 2.24) is 0 Å². The van der Waals surface area contributed by atoms with E-state index in [1.165, 1.54) is 122 Å². The van der Waals surface area contributed by atoms with Gasteiger partial charge in [0, 0.05) is 13.0 Å². The van der Waals surface area contributed by atoms with Crippen LogP contribution in [0, 0.1) is 0 Å². The number of hydrogen-bond donors (Lipinski definition) is 3. The van der Waals surface area contributed by atoms with Crippen molar-refractivity contribution in [3.8, 4) is 0 Å². The Kier molecular flexibility index (Phi) is 49.3. The van der Waals surface area contributed by atoms with E-state index in [9.17, 15) is 19.0 Å². The van der Waals surface area contributed by atoms with Crippen LogP contribution in [0.3, 0.4) is 0 Å². The molecule has 0 rings (SSSR count). The summed E-state index contributed by atoms with van der Waals surface area (Å²) in [5, 5.41) is 8.94. The zero-order valence-electron chi connectivity index (χ0n) is 42.7. The van der Waals surface area contributed by atoms with Gasteiger partial charge in [0.25, 0.3) is 0 Å². The van der Waals surface area contributed by atoms with E-state index >= 15 is 0 Å². The van der Waals surface area contributed by atoms with Gasteiger partial charge in [-0.15, -0.1) is 0 Å². The first-order valence-electron chi connectivity index (χ1n) is 27.0. The molecule has 0 bridgehead atoms. The smallest absolute Gasteiger partial charge is 0.472 e. The lowest BCUT2D eigenvalue weighted by molar-refractivity contribution is -0.154. The van der Waals surface area contributed by atoms with Crippen molar-refractivity contribution in [3.05, 3.63) is 72.9 Å². The van der Waals surface area contributed by atoms with E-state index < -0.39 is 45.1 Å². The molecular weight excluding hydrogens is 862 g/mol. The standard InChI is InChI=1S/C56H100NO9P/c1-3-5-7-9-11-13-15-17-19-21-23-25-27-28-30-32-34-36-38-40-42-44-46-48-55(58)66-53(51-64-67(61,62)65-52-54(57)56(59)60)50-63-49-47-45-43-41-39-37-35-33-31-29-26-24-22-20-18-16-14-12-10-8-6-4-2/h5,7,11,13,17,19,23,25,28,30,34,36,53-54H,3-4,6,8-10,12,14-16,18,20-22,24,26-27,29,31-33,35,37-52,57H2,1-2H3,(H,59,60)(H,61,62)/b7-5-,13-11-,19-17-,25-23-,30-28-,36-34-. The van der Waals surface area contributed by atoms with Crippen molar-refractivity contribution >= 4 is 19.8 Å². The van der Waals surface area contributed by atoms with Crippen molar-refractivity contribution in [3.63, 3.8) is 0 Å². The van der Waals surface area contributed by atoms with E-state index in [1.54, 1.807) is 0 Å². The van der Waals surface area contributed by atoms with E-state index in [0.29, 0.717) is 13.0 Å². The van der Waals surface area contributed by atoms with Crippen LogP contribution in [-0.4, -0.2) is 60.5 Å². The summed E-state index contributed by atoms with van der Waals surface area (Å²) < 4.78 is 33.5. The van der Waals surface area contributed by atoms with Crippen molar-refractivity contribution in [2.45, 2.75) is 244 Å². The normalized spacial score (nSPS) is 14.2. The summed E-state index contributed by atoms with van der Waals surface area (Å²) in [5.41, 5.74) is 5.38. The molecule has 0 radical (unpaired) electrons. The maximum absolute atomic E-state index is 12.7. The number of phosphoric acid groups is 1. The van der Waals surface area contributed by atoms with Gasteiger partial charge in [-0.05, 0) is 64.2 Å². The first-order valence-corrected chi connectivity index (χ1v) is 28.5. The van der Waals surface area contributed by atoms with Gasteiger partial charge >= 0.3 is 19.8 Å². The van der Waals surface area contributed by atoms with Gasteiger partial charge in [-0.3, -0.25) is 18.6 Å². The fourth-order valence-electron chi connectivity index (χ4n) is 7.37. The number of ether oxygens (including phenoxy) is 2. The van der Waals surface area contributed by atoms with Gasteiger partial charge in [0.15, 0.2) is 0 Å². The van der Waals surface area contributed by atoms with E-state index in [2.05, 4.69) is 86.8 Å². The summed E-state index contributed by atoms with van der Waals surface area (Å²) >= 11 is 0. The summed E-state index contributed by atoms with van der Waals surface area (Å²) in [6, 6.07) is -1.48. The highest BCUT2D eigenvalue weighted by molar-refractivity contribution is 7.47. The fourth-order valence-corrected chi connectivity index (χ4v) is 8.15. The highest BCUT2D eigenvalue weighted by atomic mass is 31.2. The quantitative estimate of drug-likeness (QED) is 0.0232. The first-order chi connectivity index (χ1) is 32.7. The van der Waals surface area contributed by atoms with E-state index in [4.69, 9.17) is 29.4 Å². The second kappa shape index (κ2) is 51.3. The Labute approximate surface area is 410 Å². The summed E-state index contributed by atoms with van der Waals surface area (Å²) in [7, 11) is -4.63. The largest absolute Gasteiger partial charge is 0.480 e. The molecule has 0 heterocycles. The molecule has 0 amide bonds. The van der Waals surface area contributed by atoms with Crippen molar-refractivity contribution in [1.29, 1.82) is 0 Å². The van der Waals surface area contributed by atoms with Crippen molar-refractivity contribution < 1.29 is 42.7 Å². The minimum Gasteiger partial charge on any atom is -0.480 e. The molecule has 11 heteroatoms. The fraction of sp³-hybridized carbons (Fsp3) is 0.750. The van der Waals surface area contributed by atoms with Gasteiger partial charge in [0.05, 0.1) is 19.8 Å². The molecule has 3 unspecified atom stereocenters. The Balaban J connectivity index is 4.17. The SMILES string of the molecule is CC/C=C\C/C=C\C/C=C\C/C=C\C/C=C\C/C=C\CCCCCCC(=O)OC(COCCCCCCCCCCCCCCCCCCCCCCCC)COP(=O)(O)OCC(N)C(=O)O. The van der Waals surface area contributed by atoms with Crippen molar-refractivity contribution in [2.75, 3.05) is 26.4 Å². The molecule has 3 atom stereocenters. The van der Waals surface area contributed by atoms with Gasteiger partial charge in [-0.1, -0.05) is 234 Å². The highest BCUT2D eigenvalue weighted by Gasteiger charge is 2.27. The molecule has 0 saturated carbocycles. The van der Waals surface area contributed by atoms with Crippen molar-refractivity contribution in [2.24, 2.45) is 5.73 Å². The highest BCUT2D eigenvalue weighted by Crippen LogP contribution is 2.43. The van der Waals surface area contributed by atoms with Crippen LogP contribution in [-0.2, 0) is 32.7 Å². The third-order valence-corrected chi connectivity index (χ3v) is 12.5. The maximum atomic E-state index is 12.7. The Morgan fingerprint density at radius 3 is 1.30 bits per heavy atom. The zero-order valence-corrected chi connectivity index (χ0v) is 43.6. The number of allylic oxidation sites excluding steroid dienone is 12. The van der Waals surface area contributed by atoms with Gasteiger partial charge in [0.1, 0.15) is 12.1 Å². The minimum atomic E-state index is -4.63. The number of carboxylic acids is 1. The Morgan fingerprint density at radius 2 is 0.866 bits per heavy atom. The Bertz CT molecular complexity index is 1340. The van der Waals surface area contributed by atoms with Gasteiger partial charge in [-0.2, -0.15) is 0 Å². The average molecular weight is 962 g/mol. The molecular formula is C56H100NO9P. The second-order valence-electron chi connectivity index (χ2n) is 18.0. The number of phosphoric ester groups is 1. The molecule has 0 aliphatic heterocycles. The number of carbonyl (C=O) groups excluding carboxylic acids is 1. The first kappa shape index (κ1) is 64.4. The summed E-state index contributed by atoms with van der Waals surface area (Å²) in [6.07, 6.45) is 65.4. The van der Waals surface area contributed by atoms with Crippen LogP contribution in [0.4, 0.5) is 0 Å². The minimum absolute atomic E-state index is 0.00555. The Morgan fingerprint density at radius 1 is 0.493 bits per heavy atom. The number of carbonyl (C=O) groups is 2. The number of unbranched alkanes of at least 4 members (excludes halogenated alkanes) is 25. The molecule has 388 valence electrons. The molecule has 0 aliphatic rings. The molecule has 0 aromatic carbocycles. The number of nitrogens with two attached hydrogens (primary N) is 1. The molecule has 0 spiro atoms. The van der Waals surface area contributed by atoms with Gasteiger partial charge in [0.2, 0.25) is 0 Å². The van der Waals surface area contributed by atoms with Crippen LogP contribution >= 0.6 is 7.82 Å². The maximum Gasteiger partial charge on any atom is 0.472 e.